The summed E-state index contributed by atoms with van der Waals surface area (Å²) in [6.45, 7) is 4.53. The zero-order valence-corrected chi connectivity index (χ0v) is 18.8. The van der Waals surface area contributed by atoms with Crippen molar-refractivity contribution >= 4 is 33.0 Å². The molecule has 0 saturated heterocycles. The molecular formula is C24H28N2O4S. The second-order valence-corrected chi connectivity index (χ2v) is 10.7. The molecule has 6 nitrogen and oxygen atoms in total. The van der Waals surface area contributed by atoms with Crippen molar-refractivity contribution in [2.75, 3.05) is 22.9 Å². The van der Waals surface area contributed by atoms with Crippen molar-refractivity contribution in [3.05, 3.63) is 54.1 Å². The molecule has 2 aromatic carbocycles. The Balaban J connectivity index is 1.50. The van der Waals surface area contributed by atoms with Crippen LogP contribution in [-0.4, -0.2) is 38.6 Å². The third-order valence-electron chi connectivity index (χ3n) is 6.14. The molecule has 0 aromatic heterocycles. The number of hydrogen-bond donors (Lipinski definition) is 0. The van der Waals surface area contributed by atoms with Gasteiger partial charge in [-0.3, -0.25) is 9.59 Å². The van der Waals surface area contributed by atoms with Crippen molar-refractivity contribution in [3.63, 3.8) is 0 Å². The number of hydrogen-bond acceptors (Lipinski definition) is 4. The quantitative estimate of drug-likeness (QED) is 0.659. The van der Waals surface area contributed by atoms with Gasteiger partial charge in [0.2, 0.25) is 11.8 Å². The van der Waals surface area contributed by atoms with Crippen LogP contribution in [0.1, 0.15) is 38.7 Å². The van der Waals surface area contributed by atoms with Gasteiger partial charge in [-0.15, -0.1) is 0 Å². The molecule has 1 aliphatic carbocycles. The Bertz CT molecular complexity index is 1090. The highest BCUT2D eigenvalue weighted by Crippen LogP contribution is 2.37. The molecular weight excluding hydrogens is 412 g/mol. The zero-order chi connectivity index (χ0) is 22.2. The summed E-state index contributed by atoms with van der Waals surface area (Å²) in [4.78, 5) is 28.9. The molecule has 31 heavy (non-hydrogen) atoms. The summed E-state index contributed by atoms with van der Waals surface area (Å²) in [6, 6.07) is 14.3. The normalized spacial score (nSPS) is 16.6. The summed E-state index contributed by atoms with van der Waals surface area (Å²) < 4.78 is 26.4. The number of para-hydroxylation sites is 1. The summed E-state index contributed by atoms with van der Waals surface area (Å²) in [5, 5.41) is -0.846. The highest BCUT2D eigenvalue weighted by molar-refractivity contribution is 7.92. The van der Waals surface area contributed by atoms with Gasteiger partial charge in [0.05, 0.1) is 10.1 Å². The summed E-state index contributed by atoms with van der Waals surface area (Å²) in [7, 11) is -3.67. The van der Waals surface area contributed by atoms with E-state index in [0.29, 0.717) is 19.5 Å². The van der Waals surface area contributed by atoms with Gasteiger partial charge < -0.3 is 9.80 Å². The van der Waals surface area contributed by atoms with Gasteiger partial charge in [0.15, 0.2) is 9.84 Å². The molecule has 4 rings (SSSR count). The first-order chi connectivity index (χ1) is 14.8. The fourth-order valence-corrected chi connectivity index (χ4v) is 5.53. The maximum absolute atomic E-state index is 13.2. The molecule has 2 aliphatic rings. The number of anilines is 2. The lowest BCUT2D eigenvalue weighted by Gasteiger charge is -2.23. The molecule has 1 saturated carbocycles. The Kier molecular flexibility index (Phi) is 5.88. The van der Waals surface area contributed by atoms with Crippen LogP contribution in [0.3, 0.4) is 0 Å². The minimum Gasteiger partial charge on any atom is -0.313 e. The van der Waals surface area contributed by atoms with Crippen LogP contribution in [0.15, 0.2) is 53.4 Å². The van der Waals surface area contributed by atoms with Crippen LogP contribution in [0, 0.1) is 5.92 Å². The topological polar surface area (TPSA) is 74.8 Å². The zero-order valence-electron chi connectivity index (χ0n) is 18.0. The third-order valence-corrected chi connectivity index (χ3v) is 8.28. The predicted octanol–water partition coefficient (Wildman–Crippen LogP) is 3.59. The largest absolute Gasteiger partial charge is 0.313 e. The number of amides is 2. The molecule has 164 valence electrons. The van der Waals surface area contributed by atoms with Crippen molar-refractivity contribution in [2.24, 2.45) is 5.92 Å². The summed E-state index contributed by atoms with van der Waals surface area (Å²) in [5.74, 6) is 0.0625. The standard InChI is InChI=1S/C24H28N2O4S/c1-3-25(20-7-5-4-6-8-20)23(27)15-17(2)31(29,30)21-11-12-22-19(16-21)13-14-26(22)24(28)18-9-10-18/h4-8,11-12,16-18H,3,9-10,13-15H2,1-2H3/t17-/m1/s1. The first-order valence-corrected chi connectivity index (χ1v) is 12.4. The predicted molar refractivity (Wildman–Crippen MR) is 121 cm³/mol. The minimum absolute atomic E-state index is 0.0888. The molecule has 0 bridgehead atoms. The Morgan fingerprint density at radius 2 is 1.84 bits per heavy atom. The van der Waals surface area contributed by atoms with Crippen LogP contribution in [0.2, 0.25) is 0 Å². The second kappa shape index (κ2) is 8.46. The van der Waals surface area contributed by atoms with Crippen LogP contribution >= 0.6 is 0 Å². The van der Waals surface area contributed by atoms with Crippen molar-refractivity contribution in [2.45, 2.75) is 49.7 Å². The van der Waals surface area contributed by atoms with E-state index in [2.05, 4.69) is 0 Å². The van der Waals surface area contributed by atoms with E-state index in [9.17, 15) is 18.0 Å². The van der Waals surface area contributed by atoms with Crippen LogP contribution in [0.4, 0.5) is 11.4 Å². The summed E-state index contributed by atoms with van der Waals surface area (Å²) >= 11 is 0. The number of nitrogens with zero attached hydrogens (tertiary/aromatic N) is 2. The molecule has 0 unspecified atom stereocenters. The molecule has 0 spiro atoms. The van der Waals surface area contributed by atoms with Crippen LogP contribution in [0.5, 0.6) is 0 Å². The van der Waals surface area contributed by atoms with E-state index in [1.807, 2.05) is 37.3 Å². The fraction of sp³-hybridized carbons (Fsp3) is 0.417. The first-order valence-electron chi connectivity index (χ1n) is 10.9. The molecule has 1 fully saturated rings. The Labute approximate surface area is 183 Å². The highest BCUT2D eigenvalue weighted by Gasteiger charge is 2.37. The van der Waals surface area contributed by atoms with Crippen LogP contribution < -0.4 is 9.80 Å². The lowest BCUT2D eigenvalue weighted by atomic mass is 10.2. The van der Waals surface area contributed by atoms with Crippen molar-refractivity contribution in [3.8, 4) is 0 Å². The van der Waals surface area contributed by atoms with Crippen LogP contribution in [0.25, 0.3) is 0 Å². The maximum Gasteiger partial charge on any atom is 0.230 e. The van der Waals surface area contributed by atoms with E-state index in [0.717, 1.165) is 29.8 Å². The third kappa shape index (κ3) is 4.24. The van der Waals surface area contributed by atoms with Gasteiger partial charge >= 0.3 is 0 Å². The molecule has 0 radical (unpaired) electrons. The lowest BCUT2D eigenvalue weighted by Crippen LogP contribution is -2.34. The van der Waals surface area contributed by atoms with Crippen molar-refractivity contribution < 1.29 is 18.0 Å². The monoisotopic (exact) mass is 440 g/mol. The lowest BCUT2D eigenvalue weighted by molar-refractivity contribution is -0.120. The molecule has 1 heterocycles. The summed E-state index contributed by atoms with van der Waals surface area (Å²) in [6.07, 6.45) is 2.46. The van der Waals surface area contributed by atoms with Gasteiger partial charge in [-0.25, -0.2) is 8.42 Å². The molecule has 1 atom stereocenters. The smallest absolute Gasteiger partial charge is 0.230 e. The van der Waals surface area contributed by atoms with Gasteiger partial charge in [-0.2, -0.15) is 0 Å². The number of benzene rings is 2. The molecule has 2 amide bonds. The number of carbonyl (C=O) groups excluding carboxylic acids is 2. The molecule has 0 N–H and O–H groups in total. The van der Waals surface area contributed by atoms with Gasteiger partial charge in [-0.05, 0) is 69.0 Å². The molecule has 7 heteroatoms. The maximum atomic E-state index is 13.2. The fourth-order valence-electron chi connectivity index (χ4n) is 4.14. The van der Waals surface area contributed by atoms with Gasteiger partial charge in [0.25, 0.3) is 0 Å². The van der Waals surface area contributed by atoms with Gasteiger partial charge in [-0.1, -0.05) is 18.2 Å². The Hall–Kier alpha value is -2.67. The van der Waals surface area contributed by atoms with Gasteiger partial charge in [0, 0.05) is 36.8 Å². The number of rotatable bonds is 7. The number of fused-ring (bicyclic) bond motifs is 1. The van der Waals surface area contributed by atoms with E-state index >= 15 is 0 Å². The van der Waals surface area contributed by atoms with E-state index in [1.165, 1.54) is 0 Å². The first kappa shape index (κ1) is 21.6. The molecule has 2 aromatic rings. The Morgan fingerprint density at radius 1 is 1.13 bits per heavy atom. The van der Waals surface area contributed by atoms with Gasteiger partial charge in [0.1, 0.15) is 0 Å². The van der Waals surface area contributed by atoms with E-state index in [-0.39, 0.29) is 29.0 Å². The number of carbonyl (C=O) groups is 2. The van der Waals surface area contributed by atoms with E-state index < -0.39 is 15.1 Å². The van der Waals surface area contributed by atoms with Crippen molar-refractivity contribution in [1.82, 2.24) is 0 Å². The molecule has 1 aliphatic heterocycles. The second-order valence-electron chi connectivity index (χ2n) is 8.34. The van der Waals surface area contributed by atoms with Crippen LogP contribution in [-0.2, 0) is 25.8 Å². The van der Waals surface area contributed by atoms with E-state index in [4.69, 9.17) is 0 Å². The average Bonchev–Trinajstić information content (AvgIpc) is 3.53. The average molecular weight is 441 g/mol. The summed E-state index contributed by atoms with van der Waals surface area (Å²) in [5.41, 5.74) is 2.46. The minimum atomic E-state index is -3.67. The van der Waals surface area contributed by atoms with Crippen molar-refractivity contribution in [1.29, 1.82) is 0 Å². The van der Waals surface area contributed by atoms with E-state index in [1.54, 1.807) is 34.9 Å². The number of sulfone groups is 1. The highest BCUT2D eigenvalue weighted by atomic mass is 32.2. The SMILES string of the molecule is CCN(C(=O)C[C@@H](C)S(=O)(=O)c1ccc2c(c1)CCN2C(=O)C1CC1)c1ccccc1. The Morgan fingerprint density at radius 3 is 2.48 bits per heavy atom.